The van der Waals surface area contributed by atoms with Gasteiger partial charge >= 0.3 is 11.8 Å². The van der Waals surface area contributed by atoms with E-state index in [1.807, 2.05) is 39.5 Å². The van der Waals surface area contributed by atoms with Crippen LogP contribution in [-0.4, -0.2) is 77.2 Å². The monoisotopic (exact) mass is 494 g/mol. The van der Waals surface area contributed by atoms with E-state index in [9.17, 15) is 19.2 Å². The largest absolute Gasteiger partial charge is 0.449 e. The highest BCUT2D eigenvalue weighted by Crippen LogP contribution is 2.19. The highest BCUT2D eigenvalue weighted by molar-refractivity contribution is 5.96. The number of H-pyrrole nitrogens is 1. The van der Waals surface area contributed by atoms with Gasteiger partial charge < -0.3 is 20.3 Å². The highest BCUT2D eigenvalue weighted by Gasteiger charge is 2.27. The number of nitrogens with one attached hydrogen (secondary N) is 1. The minimum atomic E-state index is -0.660. The molecule has 1 aromatic rings. The van der Waals surface area contributed by atoms with Crippen molar-refractivity contribution in [2.75, 3.05) is 56.5 Å². The molecule has 0 radical (unpaired) electrons. The summed E-state index contributed by atoms with van der Waals surface area (Å²) < 4.78 is 6.66. The molecule has 1 aliphatic heterocycles. The van der Waals surface area contributed by atoms with E-state index in [2.05, 4.69) is 4.98 Å². The van der Waals surface area contributed by atoms with Crippen molar-refractivity contribution in [2.24, 2.45) is 11.8 Å². The summed E-state index contributed by atoms with van der Waals surface area (Å²) in [5.74, 6) is 0.133. The molecule has 1 aliphatic rings. The van der Waals surface area contributed by atoms with Gasteiger partial charge in [0.05, 0.1) is 13.2 Å². The van der Waals surface area contributed by atoms with Gasteiger partial charge in [-0.1, -0.05) is 41.0 Å². The van der Waals surface area contributed by atoms with Crippen LogP contribution < -0.4 is 21.9 Å². The predicted octanol–water partition coefficient (Wildman–Crippen LogP) is 1.71. The number of rotatable bonds is 10. The van der Waals surface area contributed by atoms with Gasteiger partial charge in [0.25, 0.3) is 5.56 Å². The molecular formula is C24H42N6O5. The van der Waals surface area contributed by atoms with Crippen LogP contribution in [0, 0.1) is 11.8 Å². The molecule has 2 heterocycles. The van der Waals surface area contributed by atoms with Gasteiger partial charge in [-0.25, -0.2) is 9.59 Å². The Morgan fingerprint density at radius 3 is 2.43 bits per heavy atom. The first-order valence-electron chi connectivity index (χ1n) is 12.6. The molecule has 1 fully saturated rings. The number of hydrogen-bond acceptors (Lipinski definition) is 7. The molecule has 11 heteroatoms. The Kier molecular flexibility index (Phi) is 10.8. The molecule has 0 atom stereocenters. The van der Waals surface area contributed by atoms with Crippen LogP contribution in [0.4, 0.5) is 16.3 Å². The van der Waals surface area contributed by atoms with Crippen LogP contribution in [0.1, 0.15) is 53.9 Å². The lowest BCUT2D eigenvalue weighted by molar-refractivity contribution is -0.119. The summed E-state index contributed by atoms with van der Waals surface area (Å²) in [7, 11) is 0. The average molecular weight is 495 g/mol. The molecule has 11 nitrogen and oxygen atoms in total. The van der Waals surface area contributed by atoms with E-state index in [0.717, 1.165) is 6.42 Å². The van der Waals surface area contributed by atoms with Crippen LogP contribution in [-0.2, 0) is 16.1 Å². The van der Waals surface area contributed by atoms with E-state index in [0.29, 0.717) is 58.7 Å². The molecule has 0 unspecified atom stereocenters. The molecule has 2 rings (SSSR count). The Morgan fingerprint density at radius 1 is 1.09 bits per heavy atom. The Morgan fingerprint density at radius 2 is 1.80 bits per heavy atom. The van der Waals surface area contributed by atoms with Gasteiger partial charge in [-0.05, 0) is 24.7 Å². The predicted molar refractivity (Wildman–Crippen MR) is 137 cm³/mol. The second-order valence-corrected chi connectivity index (χ2v) is 9.98. The van der Waals surface area contributed by atoms with Crippen LogP contribution in [0.3, 0.4) is 0 Å². The second-order valence-electron chi connectivity index (χ2n) is 9.98. The Hall–Kier alpha value is -2.82. The average Bonchev–Trinajstić information content (AvgIpc) is 3.02. The number of nitrogens with two attached hydrogens (primary N) is 1. The topological polar surface area (TPSA) is 134 Å². The summed E-state index contributed by atoms with van der Waals surface area (Å²) in [5.41, 5.74) is 5.07. The minimum absolute atomic E-state index is 0.00634. The third kappa shape index (κ3) is 8.12. The summed E-state index contributed by atoms with van der Waals surface area (Å²) in [6.45, 7) is 13.1. The summed E-state index contributed by atoms with van der Waals surface area (Å²) in [4.78, 5) is 58.3. The molecule has 35 heavy (non-hydrogen) atoms. The molecule has 2 amide bonds. The second kappa shape index (κ2) is 13.3. The van der Waals surface area contributed by atoms with Crippen molar-refractivity contribution in [3.05, 3.63) is 20.8 Å². The van der Waals surface area contributed by atoms with Crippen LogP contribution in [0.25, 0.3) is 0 Å². The van der Waals surface area contributed by atoms with Crippen LogP contribution >= 0.6 is 0 Å². The molecule has 198 valence electrons. The third-order valence-electron chi connectivity index (χ3n) is 5.81. The lowest BCUT2D eigenvalue weighted by Gasteiger charge is -2.28. The van der Waals surface area contributed by atoms with Crippen molar-refractivity contribution < 1.29 is 14.3 Å². The summed E-state index contributed by atoms with van der Waals surface area (Å²) in [6, 6.07) is 0. The highest BCUT2D eigenvalue weighted by atomic mass is 16.6. The number of nitrogens with zero attached hydrogens (tertiary/aromatic N) is 4. The van der Waals surface area contributed by atoms with E-state index < -0.39 is 11.2 Å². The van der Waals surface area contributed by atoms with Gasteiger partial charge in [-0.2, -0.15) is 0 Å². The van der Waals surface area contributed by atoms with Gasteiger partial charge in [0, 0.05) is 39.3 Å². The van der Waals surface area contributed by atoms with E-state index in [1.165, 1.54) is 9.47 Å². The van der Waals surface area contributed by atoms with Crippen molar-refractivity contribution in [1.29, 1.82) is 0 Å². The summed E-state index contributed by atoms with van der Waals surface area (Å²) >= 11 is 0. The number of aromatic amines is 1. The van der Waals surface area contributed by atoms with Gasteiger partial charge in [0.15, 0.2) is 5.69 Å². The van der Waals surface area contributed by atoms with Crippen LogP contribution in [0.5, 0.6) is 0 Å². The van der Waals surface area contributed by atoms with E-state index in [-0.39, 0.29) is 41.9 Å². The Balaban J connectivity index is 2.19. The fraction of sp³-hybridized carbons (Fsp3) is 0.750. The Labute approximate surface area is 207 Å². The van der Waals surface area contributed by atoms with Gasteiger partial charge in [0.1, 0.15) is 5.82 Å². The van der Waals surface area contributed by atoms with Crippen molar-refractivity contribution >= 4 is 23.5 Å². The van der Waals surface area contributed by atoms with Crippen LogP contribution in [0.2, 0.25) is 0 Å². The maximum Gasteiger partial charge on any atom is 0.409 e. The lowest BCUT2D eigenvalue weighted by Crippen LogP contribution is -2.46. The maximum absolute atomic E-state index is 13.4. The lowest BCUT2D eigenvalue weighted by atomic mass is 10.2. The fourth-order valence-corrected chi connectivity index (χ4v) is 3.98. The normalized spacial score (nSPS) is 14.9. The first-order valence-corrected chi connectivity index (χ1v) is 12.6. The van der Waals surface area contributed by atoms with E-state index in [1.54, 1.807) is 4.90 Å². The molecular weight excluding hydrogens is 452 g/mol. The molecule has 0 saturated carbocycles. The molecule has 0 spiro atoms. The number of carbonyl (C=O) groups excluding carboxylic acids is 2. The molecule has 0 bridgehead atoms. The number of nitrogen functional groups attached to an aromatic ring is 1. The Bertz CT molecular complexity index is 970. The third-order valence-corrected chi connectivity index (χ3v) is 5.81. The number of unbranched alkanes of at least 4 members (excludes halogenated alkanes) is 1. The standard InChI is InChI=1S/C24H42N6O5/c1-6-7-11-29(20-21(25)30(14-17(2)3)23(33)26-22(20)32)19(31)15-27-9-8-10-28(13-12-27)24(34)35-16-18(4)5/h17-18H,6-16,25H2,1-5H3,(H,26,32,33). The van der Waals surface area contributed by atoms with Gasteiger partial charge in [0.2, 0.25) is 5.91 Å². The van der Waals surface area contributed by atoms with Gasteiger partial charge in [-0.15, -0.1) is 0 Å². The zero-order valence-corrected chi connectivity index (χ0v) is 21.8. The number of hydrogen-bond donors (Lipinski definition) is 2. The number of carbonyl (C=O) groups is 2. The number of anilines is 2. The maximum atomic E-state index is 13.4. The number of aromatic nitrogens is 2. The number of ether oxygens (including phenoxy) is 1. The van der Waals surface area contributed by atoms with Crippen molar-refractivity contribution in [3.8, 4) is 0 Å². The minimum Gasteiger partial charge on any atom is -0.449 e. The van der Waals surface area contributed by atoms with Crippen molar-refractivity contribution in [1.82, 2.24) is 19.4 Å². The zero-order chi connectivity index (χ0) is 26.1. The first kappa shape index (κ1) is 28.4. The van der Waals surface area contributed by atoms with Gasteiger partial charge in [-0.3, -0.25) is 24.0 Å². The first-order chi connectivity index (χ1) is 16.5. The van der Waals surface area contributed by atoms with E-state index in [4.69, 9.17) is 10.5 Å². The molecule has 0 aromatic carbocycles. The van der Waals surface area contributed by atoms with Crippen molar-refractivity contribution in [2.45, 2.75) is 60.4 Å². The quantitative estimate of drug-likeness (QED) is 0.506. The summed E-state index contributed by atoms with van der Waals surface area (Å²) in [5, 5.41) is 0. The SMILES string of the molecule is CCCCN(C(=O)CN1CCCN(C(=O)OCC(C)C)CC1)c1c(N)n(CC(C)C)c(=O)[nH]c1=O. The molecule has 3 N–H and O–H groups in total. The van der Waals surface area contributed by atoms with E-state index >= 15 is 0 Å². The van der Waals surface area contributed by atoms with Crippen molar-refractivity contribution in [3.63, 3.8) is 0 Å². The smallest absolute Gasteiger partial charge is 0.409 e. The van der Waals surface area contributed by atoms with Crippen LogP contribution in [0.15, 0.2) is 9.59 Å². The molecule has 0 aliphatic carbocycles. The summed E-state index contributed by atoms with van der Waals surface area (Å²) in [6.07, 6.45) is 1.89. The fourth-order valence-electron chi connectivity index (χ4n) is 3.98. The molecule has 1 saturated heterocycles. The number of amides is 2. The zero-order valence-electron chi connectivity index (χ0n) is 21.8. The molecule has 1 aromatic heterocycles.